The summed E-state index contributed by atoms with van der Waals surface area (Å²) in [5.41, 5.74) is 3.42. The summed E-state index contributed by atoms with van der Waals surface area (Å²) < 4.78 is 16.4. The topological polar surface area (TPSA) is 73.9 Å². The fourth-order valence-corrected chi connectivity index (χ4v) is 4.69. The Hall–Kier alpha value is -3.38. The SMILES string of the molecule is COCCOC(=O)C1=C(C)NC2=C(C(=O)CC(C)(C)C2)C1c1ccc(Oc2ccccc2)cc1. The molecular weight excluding hydrogens is 430 g/mol. The van der Waals surface area contributed by atoms with Crippen LogP contribution in [0.2, 0.25) is 0 Å². The summed E-state index contributed by atoms with van der Waals surface area (Å²) in [5, 5.41) is 3.35. The Morgan fingerprint density at radius 2 is 1.68 bits per heavy atom. The largest absolute Gasteiger partial charge is 0.460 e. The molecule has 0 saturated heterocycles. The number of rotatable bonds is 7. The molecule has 1 aliphatic heterocycles. The van der Waals surface area contributed by atoms with Crippen molar-refractivity contribution < 1.29 is 23.8 Å². The van der Waals surface area contributed by atoms with Crippen LogP contribution in [0.5, 0.6) is 11.5 Å². The molecule has 178 valence electrons. The highest BCUT2D eigenvalue weighted by Gasteiger charge is 2.43. The lowest BCUT2D eigenvalue weighted by molar-refractivity contribution is -0.140. The van der Waals surface area contributed by atoms with Gasteiger partial charge in [0, 0.05) is 36.4 Å². The molecule has 0 saturated carbocycles. The summed E-state index contributed by atoms with van der Waals surface area (Å²) in [4.78, 5) is 26.5. The molecule has 1 aliphatic carbocycles. The fourth-order valence-electron chi connectivity index (χ4n) is 4.69. The van der Waals surface area contributed by atoms with Gasteiger partial charge in [-0.15, -0.1) is 0 Å². The molecule has 1 heterocycles. The Bertz CT molecular complexity index is 1130. The van der Waals surface area contributed by atoms with Crippen LogP contribution in [-0.2, 0) is 19.1 Å². The van der Waals surface area contributed by atoms with Crippen LogP contribution in [0.4, 0.5) is 0 Å². The van der Waals surface area contributed by atoms with E-state index >= 15 is 0 Å². The number of nitrogens with one attached hydrogen (secondary N) is 1. The van der Waals surface area contributed by atoms with E-state index in [-0.39, 0.29) is 17.8 Å². The number of carbonyl (C=O) groups excluding carboxylic acids is 2. The van der Waals surface area contributed by atoms with Crippen molar-refractivity contribution in [2.24, 2.45) is 5.41 Å². The zero-order valence-corrected chi connectivity index (χ0v) is 20.1. The molecule has 0 bridgehead atoms. The van der Waals surface area contributed by atoms with Gasteiger partial charge in [0.1, 0.15) is 18.1 Å². The molecule has 1 unspecified atom stereocenters. The van der Waals surface area contributed by atoms with E-state index in [4.69, 9.17) is 14.2 Å². The van der Waals surface area contributed by atoms with E-state index in [1.807, 2.05) is 61.5 Å². The van der Waals surface area contributed by atoms with Gasteiger partial charge in [0.15, 0.2) is 5.78 Å². The van der Waals surface area contributed by atoms with Crippen molar-refractivity contribution in [3.8, 4) is 11.5 Å². The number of hydrogen-bond acceptors (Lipinski definition) is 6. The quantitative estimate of drug-likeness (QED) is 0.447. The minimum atomic E-state index is -0.499. The van der Waals surface area contributed by atoms with Gasteiger partial charge in [-0.1, -0.05) is 44.2 Å². The van der Waals surface area contributed by atoms with Crippen LogP contribution in [0, 0.1) is 5.41 Å². The fraction of sp³-hybridized carbons (Fsp3) is 0.357. The number of ketones is 1. The molecule has 0 spiro atoms. The second kappa shape index (κ2) is 9.85. The lowest BCUT2D eigenvalue weighted by Gasteiger charge is -2.39. The summed E-state index contributed by atoms with van der Waals surface area (Å²) in [6, 6.07) is 17.1. The molecule has 2 aliphatic rings. The van der Waals surface area contributed by atoms with Gasteiger partial charge in [0.05, 0.1) is 12.2 Å². The molecule has 2 aromatic carbocycles. The number of benzene rings is 2. The smallest absolute Gasteiger partial charge is 0.336 e. The lowest BCUT2D eigenvalue weighted by Crippen LogP contribution is -2.38. The third-order valence-electron chi connectivity index (χ3n) is 6.17. The minimum Gasteiger partial charge on any atom is -0.460 e. The first-order valence-corrected chi connectivity index (χ1v) is 11.5. The highest BCUT2D eigenvalue weighted by molar-refractivity contribution is 6.04. The number of Topliss-reactive ketones (excluding diaryl/α,β-unsaturated/α-hetero) is 1. The third-order valence-corrected chi connectivity index (χ3v) is 6.17. The normalized spacial score (nSPS) is 19.4. The minimum absolute atomic E-state index is 0.0584. The van der Waals surface area contributed by atoms with Gasteiger partial charge >= 0.3 is 5.97 Å². The first-order chi connectivity index (χ1) is 16.3. The van der Waals surface area contributed by atoms with Gasteiger partial charge in [-0.2, -0.15) is 0 Å². The van der Waals surface area contributed by atoms with Crippen LogP contribution < -0.4 is 10.1 Å². The molecule has 1 N–H and O–H groups in total. The van der Waals surface area contributed by atoms with Crippen LogP contribution in [0.25, 0.3) is 0 Å². The predicted octanol–water partition coefficient (Wildman–Crippen LogP) is 5.27. The van der Waals surface area contributed by atoms with Gasteiger partial charge in [-0.25, -0.2) is 4.79 Å². The van der Waals surface area contributed by atoms with Crippen LogP contribution in [0.1, 0.15) is 45.1 Å². The maximum Gasteiger partial charge on any atom is 0.336 e. The molecule has 2 aromatic rings. The number of para-hydroxylation sites is 1. The standard InChI is InChI=1S/C28H31NO5/c1-18-24(27(31)33-15-14-32-4)25(26-22(29-18)16-28(2,3)17-23(26)30)19-10-12-21(13-11-19)34-20-8-6-5-7-9-20/h5-13,25,29H,14-17H2,1-4H3. The maximum atomic E-state index is 13.4. The van der Waals surface area contributed by atoms with Crippen molar-refractivity contribution in [2.75, 3.05) is 20.3 Å². The van der Waals surface area contributed by atoms with E-state index < -0.39 is 11.9 Å². The van der Waals surface area contributed by atoms with Gasteiger partial charge in [0.2, 0.25) is 0 Å². The van der Waals surface area contributed by atoms with E-state index in [2.05, 4.69) is 19.2 Å². The zero-order valence-electron chi connectivity index (χ0n) is 20.1. The Morgan fingerprint density at radius 1 is 1.00 bits per heavy atom. The molecule has 6 heteroatoms. The van der Waals surface area contributed by atoms with E-state index in [9.17, 15) is 9.59 Å². The Kier molecular flexibility index (Phi) is 6.89. The van der Waals surface area contributed by atoms with Crippen LogP contribution in [0.3, 0.4) is 0 Å². The Balaban J connectivity index is 1.71. The summed E-state index contributed by atoms with van der Waals surface area (Å²) in [6.07, 6.45) is 1.17. The monoisotopic (exact) mass is 461 g/mol. The van der Waals surface area contributed by atoms with Crippen molar-refractivity contribution in [3.63, 3.8) is 0 Å². The number of allylic oxidation sites excluding steroid dienone is 3. The Morgan fingerprint density at radius 3 is 2.35 bits per heavy atom. The van der Waals surface area contributed by atoms with Crippen molar-refractivity contribution >= 4 is 11.8 Å². The summed E-state index contributed by atoms with van der Waals surface area (Å²) in [6.45, 7) is 6.50. The lowest BCUT2D eigenvalue weighted by atomic mass is 9.68. The second-order valence-corrected chi connectivity index (χ2v) is 9.54. The van der Waals surface area contributed by atoms with Crippen molar-refractivity contribution in [1.29, 1.82) is 0 Å². The van der Waals surface area contributed by atoms with Gasteiger partial charge in [0.25, 0.3) is 0 Å². The van der Waals surface area contributed by atoms with Crippen molar-refractivity contribution in [1.82, 2.24) is 5.32 Å². The third kappa shape index (κ3) is 5.07. The van der Waals surface area contributed by atoms with E-state index in [0.717, 1.165) is 23.4 Å². The number of esters is 1. The average Bonchev–Trinajstić information content (AvgIpc) is 2.78. The molecule has 6 nitrogen and oxygen atoms in total. The number of carbonyl (C=O) groups is 2. The molecule has 0 aromatic heterocycles. The Labute approximate surface area is 200 Å². The maximum absolute atomic E-state index is 13.4. The predicted molar refractivity (Wildman–Crippen MR) is 129 cm³/mol. The molecule has 0 fully saturated rings. The average molecular weight is 462 g/mol. The molecule has 0 radical (unpaired) electrons. The van der Waals surface area contributed by atoms with Gasteiger partial charge < -0.3 is 19.5 Å². The zero-order chi connectivity index (χ0) is 24.3. The summed E-state index contributed by atoms with van der Waals surface area (Å²) in [7, 11) is 1.56. The molecule has 34 heavy (non-hydrogen) atoms. The highest BCUT2D eigenvalue weighted by Crippen LogP contribution is 2.47. The second-order valence-electron chi connectivity index (χ2n) is 9.54. The van der Waals surface area contributed by atoms with Crippen LogP contribution in [-0.4, -0.2) is 32.1 Å². The first kappa shape index (κ1) is 23.8. The summed E-state index contributed by atoms with van der Waals surface area (Å²) >= 11 is 0. The molecule has 1 atom stereocenters. The molecular formula is C28H31NO5. The highest BCUT2D eigenvalue weighted by atomic mass is 16.6. The number of hydrogen-bond donors (Lipinski definition) is 1. The molecule has 4 rings (SSSR count). The van der Waals surface area contributed by atoms with Gasteiger partial charge in [-0.3, -0.25) is 4.79 Å². The number of dihydropyridines is 1. The van der Waals surface area contributed by atoms with E-state index in [1.54, 1.807) is 7.11 Å². The number of methoxy groups -OCH3 is 1. The molecule has 0 amide bonds. The van der Waals surface area contributed by atoms with Gasteiger partial charge in [-0.05, 0) is 48.6 Å². The first-order valence-electron chi connectivity index (χ1n) is 11.5. The van der Waals surface area contributed by atoms with Crippen LogP contribution in [0.15, 0.2) is 77.1 Å². The van der Waals surface area contributed by atoms with E-state index in [1.165, 1.54) is 0 Å². The summed E-state index contributed by atoms with van der Waals surface area (Å²) in [5.74, 6) is 0.536. The van der Waals surface area contributed by atoms with E-state index in [0.29, 0.717) is 35.6 Å². The van der Waals surface area contributed by atoms with Crippen molar-refractivity contribution in [2.45, 2.75) is 39.5 Å². The number of ether oxygens (including phenoxy) is 3. The van der Waals surface area contributed by atoms with Crippen LogP contribution >= 0.6 is 0 Å². The van der Waals surface area contributed by atoms with Crippen molar-refractivity contribution in [3.05, 3.63) is 82.7 Å².